The molecule has 42 heavy (non-hydrogen) atoms. The molecule has 5 fully saturated rings. The smallest absolute Gasteiger partial charge is 0.459 e. The highest BCUT2D eigenvalue weighted by Crippen LogP contribution is 2.84. The molecule has 2 N–H and O–H groups in total. The fourth-order valence-electron chi connectivity index (χ4n) is 8.68. The molecule has 5 aliphatic rings. The summed E-state index contributed by atoms with van der Waals surface area (Å²) in [6.07, 6.45) is -13.0. The van der Waals surface area contributed by atoms with E-state index in [9.17, 15) is 51.0 Å². The number of hydrogen-bond acceptors (Lipinski definition) is 14. The van der Waals surface area contributed by atoms with Crippen molar-refractivity contribution in [3.63, 3.8) is 0 Å². The zero-order chi connectivity index (χ0) is 31.8. The molecule has 0 aromatic carbocycles. The lowest BCUT2D eigenvalue weighted by atomic mass is 9.51. The Morgan fingerprint density at radius 3 is 2.21 bits per heavy atom. The lowest BCUT2D eigenvalue weighted by Crippen LogP contribution is -2.67. The number of alkyl halides is 3. The van der Waals surface area contributed by atoms with Gasteiger partial charge in [0.1, 0.15) is 29.3 Å². The molecule has 3 aliphatic heterocycles. The van der Waals surface area contributed by atoms with Gasteiger partial charge in [-0.25, -0.2) is 9.59 Å². The normalized spacial score (nSPS) is 45.8. The standard InChI is InChI=1S/C24H29F3O14S/c1-8(2)22(33)14(36-7-28)12(30)21-13-10(41-42(34,35)24(25,26)27)11(19(4,5)6)20(21)15(37-9(3)29)16(31)39-18(20)40-23(21,22)17(32)38-13/h7-8,10-15,18,30,33H,1-6H3/t10-,11+,12+,13?,14?,15+,18?,20?,21?,22-,23?/m1/s1. The average Bonchev–Trinajstić information content (AvgIpc) is 3.46. The highest BCUT2D eigenvalue weighted by molar-refractivity contribution is 7.87. The number of carbonyl (C=O) groups excluding carboxylic acids is 4. The van der Waals surface area contributed by atoms with E-state index in [0.717, 1.165) is 6.92 Å². The molecule has 0 aromatic rings. The molecule has 236 valence electrons. The number of esters is 3. The Balaban J connectivity index is 1.95. The monoisotopic (exact) mass is 630 g/mol. The molecule has 18 heteroatoms. The molecular weight excluding hydrogens is 601 g/mol. The Hall–Kier alpha value is -2.54. The number of halogens is 3. The summed E-state index contributed by atoms with van der Waals surface area (Å²) < 4.78 is 98.2. The number of hydrogen-bond donors (Lipinski definition) is 2. The first-order valence-electron chi connectivity index (χ1n) is 12.8. The Labute approximate surface area is 236 Å². The van der Waals surface area contributed by atoms with Crippen molar-refractivity contribution in [1.29, 1.82) is 0 Å². The number of aliphatic hydroxyl groups is 2. The van der Waals surface area contributed by atoms with Gasteiger partial charge in [0.15, 0.2) is 6.10 Å². The second-order valence-corrected chi connectivity index (χ2v) is 14.1. The highest BCUT2D eigenvalue weighted by Gasteiger charge is 3.05. The first-order valence-corrected chi connectivity index (χ1v) is 14.2. The first-order chi connectivity index (χ1) is 19.1. The van der Waals surface area contributed by atoms with E-state index < -0.39 is 110 Å². The van der Waals surface area contributed by atoms with Crippen molar-refractivity contribution in [2.45, 2.75) is 95.1 Å². The third kappa shape index (κ3) is 3.02. The molecule has 5 rings (SSSR count). The summed E-state index contributed by atoms with van der Waals surface area (Å²) in [4.78, 5) is 51.2. The van der Waals surface area contributed by atoms with E-state index in [1.165, 1.54) is 34.6 Å². The quantitative estimate of drug-likeness (QED) is 0.127. The van der Waals surface area contributed by atoms with E-state index in [2.05, 4.69) is 0 Å². The number of ether oxygens (including phenoxy) is 5. The van der Waals surface area contributed by atoms with Gasteiger partial charge in [-0.15, -0.1) is 0 Å². The first kappa shape index (κ1) is 30.9. The van der Waals surface area contributed by atoms with Gasteiger partial charge in [-0.05, 0) is 11.3 Å². The van der Waals surface area contributed by atoms with E-state index in [-0.39, 0.29) is 6.47 Å². The van der Waals surface area contributed by atoms with Gasteiger partial charge in [0, 0.05) is 12.8 Å². The summed E-state index contributed by atoms with van der Waals surface area (Å²) in [6, 6.07) is 0. The van der Waals surface area contributed by atoms with Crippen molar-refractivity contribution in [1.82, 2.24) is 0 Å². The van der Waals surface area contributed by atoms with Gasteiger partial charge < -0.3 is 33.9 Å². The SMILES string of the molecule is CC(=O)O[C@H]1C(=O)OC2OC34C(=O)OC5[C@H](OS(=O)(=O)C(F)(F)F)[C@@H](C(C)(C)C)C21C53[C@@H](O)C(OC=O)[C@]4(O)C(C)C. The van der Waals surface area contributed by atoms with E-state index in [1.807, 2.05) is 0 Å². The molecule has 11 atom stereocenters. The van der Waals surface area contributed by atoms with Crippen LogP contribution in [0.3, 0.4) is 0 Å². The van der Waals surface area contributed by atoms with Crippen LogP contribution in [0.15, 0.2) is 0 Å². The third-order valence-electron chi connectivity index (χ3n) is 9.53. The van der Waals surface area contributed by atoms with Gasteiger partial charge in [-0.3, -0.25) is 13.8 Å². The second-order valence-electron chi connectivity index (χ2n) is 12.6. The molecular formula is C24H29F3O14S. The van der Waals surface area contributed by atoms with E-state index in [0.29, 0.717) is 0 Å². The molecule has 0 radical (unpaired) electrons. The lowest BCUT2D eigenvalue weighted by molar-refractivity contribution is -0.255. The van der Waals surface area contributed by atoms with Gasteiger partial charge >= 0.3 is 33.5 Å². The minimum atomic E-state index is -6.45. The molecule has 0 bridgehead atoms. The van der Waals surface area contributed by atoms with Crippen LogP contribution in [0.25, 0.3) is 0 Å². The van der Waals surface area contributed by atoms with Gasteiger partial charge in [0.25, 0.3) is 6.47 Å². The van der Waals surface area contributed by atoms with E-state index in [4.69, 9.17) is 27.9 Å². The average molecular weight is 631 g/mol. The molecule has 3 heterocycles. The van der Waals surface area contributed by atoms with Gasteiger partial charge in [-0.1, -0.05) is 34.6 Å². The zero-order valence-electron chi connectivity index (χ0n) is 23.0. The van der Waals surface area contributed by atoms with Gasteiger partial charge in [0.2, 0.25) is 18.0 Å². The molecule has 14 nitrogen and oxygen atoms in total. The van der Waals surface area contributed by atoms with Crippen molar-refractivity contribution in [2.24, 2.45) is 28.1 Å². The lowest BCUT2D eigenvalue weighted by Gasteiger charge is -2.47. The zero-order valence-corrected chi connectivity index (χ0v) is 23.8. The Morgan fingerprint density at radius 2 is 1.74 bits per heavy atom. The minimum Gasteiger partial charge on any atom is -0.459 e. The molecule has 0 amide bonds. The Bertz CT molecular complexity index is 1360. The minimum absolute atomic E-state index is 0.156. The van der Waals surface area contributed by atoms with Crippen molar-refractivity contribution >= 4 is 34.5 Å². The van der Waals surface area contributed by atoms with Crippen LogP contribution in [0.2, 0.25) is 0 Å². The second kappa shape index (κ2) is 8.55. The maximum absolute atomic E-state index is 13.9. The van der Waals surface area contributed by atoms with Crippen LogP contribution in [0, 0.1) is 28.1 Å². The predicted octanol–water partition coefficient (Wildman–Crippen LogP) is -0.318. The van der Waals surface area contributed by atoms with Crippen molar-refractivity contribution < 1.29 is 78.8 Å². The molecule has 2 saturated carbocycles. The Kier molecular flexibility index (Phi) is 6.29. The van der Waals surface area contributed by atoms with Crippen LogP contribution >= 0.6 is 0 Å². The summed E-state index contributed by atoms with van der Waals surface area (Å²) in [5.41, 5.74) is -18.1. The molecule has 2 spiro atoms. The van der Waals surface area contributed by atoms with Crippen LogP contribution < -0.4 is 0 Å². The van der Waals surface area contributed by atoms with E-state index >= 15 is 0 Å². The highest BCUT2D eigenvalue weighted by atomic mass is 32.2. The van der Waals surface area contributed by atoms with Crippen LogP contribution in [0.1, 0.15) is 41.5 Å². The maximum Gasteiger partial charge on any atom is 0.523 e. The fraction of sp³-hybridized carbons (Fsp3) is 0.833. The van der Waals surface area contributed by atoms with E-state index in [1.54, 1.807) is 0 Å². The topological polar surface area (TPSA) is 198 Å². The maximum atomic E-state index is 13.9. The van der Waals surface area contributed by atoms with Gasteiger partial charge in [-0.2, -0.15) is 21.6 Å². The molecule has 2 aliphatic carbocycles. The largest absolute Gasteiger partial charge is 0.523 e. The number of carbonyl (C=O) groups is 4. The third-order valence-corrected chi connectivity index (χ3v) is 10.6. The van der Waals surface area contributed by atoms with Crippen molar-refractivity contribution in [3.05, 3.63) is 0 Å². The molecule has 3 saturated heterocycles. The molecule has 6 unspecified atom stereocenters. The number of aliphatic hydroxyl groups excluding tert-OH is 1. The summed E-state index contributed by atoms with van der Waals surface area (Å²) in [5, 5.41) is 24.3. The van der Waals surface area contributed by atoms with Crippen LogP contribution in [-0.4, -0.2) is 96.5 Å². The summed E-state index contributed by atoms with van der Waals surface area (Å²) in [5.74, 6) is -6.74. The van der Waals surface area contributed by atoms with Crippen LogP contribution in [-0.2, 0) is 57.2 Å². The summed E-state index contributed by atoms with van der Waals surface area (Å²) >= 11 is 0. The molecule has 0 aromatic heterocycles. The predicted molar refractivity (Wildman–Crippen MR) is 124 cm³/mol. The van der Waals surface area contributed by atoms with Crippen molar-refractivity contribution in [2.75, 3.05) is 0 Å². The number of rotatable bonds is 6. The summed E-state index contributed by atoms with van der Waals surface area (Å²) in [6.45, 7) is 7.69. The summed E-state index contributed by atoms with van der Waals surface area (Å²) in [7, 11) is -6.45. The van der Waals surface area contributed by atoms with Crippen LogP contribution in [0.5, 0.6) is 0 Å². The fourth-order valence-corrected chi connectivity index (χ4v) is 9.29. The Morgan fingerprint density at radius 1 is 1.14 bits per heavy atom. The van der Waals surface area contributed by atoms with Gasteiger partial charge in [0.05, 0.1) is 5.41 Å². The van der Waals surface area contributed by atoms with Crippen molar-refractivity contribution in [3.8, 4) is 0 Å². The van der Waals surface area contributed by atoms with Crippen LogP contribution in [0.4, 0.5) is 13.2 Å².